The Labute approximate surface area is 75.8 Å². The fraction of sp³-hybridized carbons (Fsp3) is 0.333. The molecule has 0 unspecified atom stereocenters. The highest BCUT2D eigenvalue weighted by Gasteiger charge is 2.05. The van der Waals surface area contributed by atoms with E-state index in [9.17, 15) is 4.39 Å². The van der Waals surface area contributed by atoms with Gasteiger partial charge in [-0.25, -0.2) is 4.39 Å². The van der Waals surface area contributed by atoms with Gasteiger partial charge in [0.2, 0.25) is 0 Å². The molecule has 0 atom stereocenters. The van der Waals surface area contributed by atoms with Crippen molar-refractivity contribution in [3.05, 3.63) is 34.1 Å². The molecule has 0 fully saturated rings. The van der Waals surface area contributed by atoms with Crippen LogP contribution in [0.25, 0.3) is 0 Å². The first-order chi connectivity index (χ1) is 5.65. The summed E-state index contributed by atoms with van der Waals surface area (Å²) in [5, 5.41) is 9.13. The van der Waals surface area contributed by atoms with Gasteiger partial charge < -0.3 is 5.11 Å². The molecule has 1 nitrogen and oxygen atoms in total. The van der Waals surface area contributed by atoms with Crippen LogP contribution in [0.3, 0.4) is 0 Å². The predicted molar refractivity (Wildman–Crippen MR) is 46.9 cm³/mol. The molecule has 0 amide bonds. The molecule has 1 N–H and O–H groups in total. The van der Waals surface area contributed by atoms with Crippen molar-refractivity contribution >= 4 is 11.6 Å². The molecule has 0 aliphatic heterocycles. The number of aliphatic hydroxyl groups excluding tert-OH is 1. The molecule has 12 heavy (non-hydrogen) atoms. The van der Waals surface area contributed by atoms with E-state index in [-0.39, 0.29) is 12.4 Å². The van der Waals surface area contributed by atoms with Crippen molar-refractivity contribution in [2.45, 2.75) is 13.3 Å². The summed E-state index contributed by atoms with van der Waals surface area (Å²) in [5.74, 6) is -0.270. The maximum atomic E-state index is 13.2. The van der Waals surface area contributed by atoms with Gasteiger partial charge in [0.05, 0.1) is 0 Å². The summed E-state index contributed by atoms with van der Waals surface area (Å²) in [5.41, 5.74) is 0.994. The Morgan fingerprint density at radius 2 is 2.17 bits per heavy atom. The van der Waals surface area contributed by atoms with Crippen molar-refractivity contribution in [2.24, 2.45) is 0 Å². The molecule has 1 aromatic carbocycles. The molecule has 0 bridgehead atoms. The Bertz CT molecular complexity index is 286. The molecule has 0 saturated heterocycles. The van der Waals surface area contributed by atoms with Crippen molar-refractivity contribution in [1.82, 2.24) is 0 Å². The number of hydrogen-bond acceptors (Lipinski definition) is 1. The standard InChI is InChI=1S/C9H10ClFO/c1-6-4-8(10)5-7(2-3-12)9(6)11/h4-5,12H,2-3H2,1H3. The smallest absolute Gasteiger partial charge is 0.129 e. The molecule has 0 saturated carbocycles. The van der Waals surface area contributed by atoms with E-state index in [1.165, 1.54) is 0 Å². The van der Waals surface area contributed by atoms with Crippen molar-refractivity contribution < 1.29 is 9.50 Å². The van der Waals surface area contributed by atoms with E-state index >= 15 is 0 Å². The van der Waals surface area contributed by atoms with Gasteiger partial charge in [0.1, 0.15) is 5.82 Å². The molecule has 66 valence electrons. The molecule has 1 rings (SSSR count). The maximum absolute atomic E-state index is 13.2. The summed E-state index contributed by atoms with van der Waals surface area (Å²) in [6.45, 7) is 1.60. The van der Waals surface area contributed by atoms with Gasteiger partial charge in [-0.2, -0.15) is 0 Å². The highest BCUT2D eigenvalue weighted by atomic mass is 35.5. The fourth-order valence-electron chi connectivity index (χ4n) is 1.10. The zero-order chi connectivity index (χ0) is 9.14. The first kappa shape index (κ1) is 9.49. The van der Waals surface area contributed by atoms with Gasteiger partial charge in [-0.1, -0.05) is 11.6 Å². The lowest BCUT2D eigenvalue weighted by molar-refractivity contribution is 0.297. The van der Waals surface area contributed by atoms with Crippen LogP contribution in [0, 0.1) is 12.7 Å². The average molecular weight is 189 g/mol. The Balaban J connectivity index is 3.09. The number of rotatable bonds is 2. The van der Waals surface area contributed by atoms with Gasteiger partial charge in [-0.05, 0) is 36.6 Å². The lowest BCUT2D eigenvalue weighted by Crippen LogP contribution is -1.97. The van der Waals surface area contributed by atoms with Crippen LogP contribution in [-0.4, -0.2) is 11.7 Å². The highest BCUT2D eigenvalue weighted by molar-refractivity contribution is 6.30. The lowest BCUT2D eigenvalue weighted by Gasteiger charge is -2.04. The van der Waals surface area contributed by atoms with Crippen LogP contribution in [0.1, 0.15) is 11.1 Å². The van der Waals surface area contributed by atoms with Gasteiger partial charge in [0.25, 0.3) is 0 Å². The van der Waals surface area contributed by atoms with Crippen LogP contribution >= 0.6 is 11.6 Å². The molecular weight excluding hydrogens is 179 g/mol. The molecule has 0 spiro atoms. The van der Waals surface area contributed by atoms with Crippen LogP contribution in [0.2, 0.25) is 5.02 Å². The van der Waals surface area contributed by atoms with E-state index in [1.807, 2.05) is 0 Å². The molecule has 0 heterocycles. The van der Waals surface area contributed by atoms with Crippen molar-refractivity contribution in [3.63, 3.8) is 0 Å². The third-order valence-electron chi connectivity index (χ3n) is 1.68. The van der Waals surface area contributed by atoms with Gasteiger partial charge >= 0.3 is 0 Å². The van der Waals surface area contributed by atoms with Crippen molar-refractivity contribution in [2.75, 3.05) is 6.61 Å². The van der Waals surface area contributed by atoms with Gasteiger partial charge in [0.15, 0.2) is 0 Å². The summed E-state index contributed by atoms with van der Waals surface area (Å²) in [6, 6.07) is 3.11. The third kappa shape index (κ3) is 1.96. The van der Waals surface area contributed by atoms with E-state index in [0.29, 0.717) is 22.6 Å². The maximum Gasteiger partial charge on any atom is 0.129 e. The van der Waals surface area contributed by atoms with Crippen LogP contribution in [0.5, 0.6) is 0 Å². The Morgan fingerprint density at radius 3 is 2.75 bits per heavy atom. The normalized spacial score (nSPS) is 10.3. The third-order valence-corrected chi connectivity index (χ3v) is 1.89. The van der Waals surface area contributed by atoms with E-state index in [0.717, 1.165) is 0 Å². The molecule has 0 aliphatic carbocycles. The minimum absolute atomic E-state index is 0.0588. The van der Waals surface area contributed by atoms with E-state index in [2.05, 4.69) is 0 Å². The molecule has 3 heteroatoms. The topological polar surface area (TPSA) is 20.2 Å². The highest BCUT2D eigenvalue weighted by Crippen LogP contribution is 2.19. The van der Waals surface area contributed by atoms with E-state index < -0.39 is 0 Å². The van der Waals surface area contributed by atoms with Crippen LogP contribution in [0.4, 0.5) is 4.39 Å². The minimum Gasteiger partial charge on any atom is -0.396 e. The second-order valence-electron chi connectivity index (χ2n) is 2.67. The summed E-state index contributed by atoms with van der Waals surface area (Å²) in [6.07, 6.45) is 0.313. The first-order valence-electron chi connectivity index (χ1n) is 3.70. The Kier molecular flexibility index (Phi) is 3.06. The average Bonchev–Trinajstić information content (AvgIpc) is 2.00. The molecule has 0 radical (unpaired) electrons. The summed E-state index contributed by atoms with van der Waals surface area (Å²) >= 11 is 5.71. The van der Waals surface area contributed by atoms with Crippen LogP contribution in [0.15, 0.2) is 12.1 Å². The SMILES string of the molecule is Cc1cc(Cl)cc(CCO)c1F. The largest absolute Gasteiger partial charge is 0.396 e. The number of aryl methyl sites for hydroxylation is 1. The number of benzene rings is 1. The minimum atomic E-state index is -0.270. The molecular formula is C9H10ClFO. The van der Waals surface area contributed by atoms with Gasteiger partial charge in [-0.3, -0.25) is 0 Å². The molecule has 0 aromatic heterocycles. The van der Waals surface area contributed by atoms with Crippen molar-refractivity contribution in [1.29, 1.82) is 0 Å². The Morgan fingerprint density at radius 1 is 1.50 bits per heavy atom. The number of aliphatic hydroxyl groups is 1. The Hall–Kier alpha value is -0.600. The zero-order valence-electron chi connectivity index (χ0n) is 6.77. The number of hydrogen-bond donors (Lipinski definition) is 1. The van der Waals surface area contributed by atoms with Gasteiger partial charge in [0, 0.05) is 11.6 Å². The quantitative estimate of drug-likeness (QED) is 0.755. The first-order valence-corrected chi connectivity index (χ1v) is 4.08. The summed E-state index contributed by atoms with van der Waals surface area (Å²) in [4.78, 5) is 0. The van der Waals surface area contributed by atoms with Gasteiger partial charge in [-0.15, -0.1) is 0 Å². The second-order valence-corrected chi connectivity index (χ2v) is 3.11. The zero-order valence-corrected chi connectivity index (χ0v) is 7.53. The fourth-order valence-corrected chi connectivity index (χ4v) is 1.39. The monoisotopic (exact) mass is 188 g/mol. The lowest BCUT2D eigenvalue weighted by atomic mass is 10.1. The second kappa shape index (κ2) is 3.87. The number of halogens is 2. The van der Waals surface area contributed by atoms with Crippen LogP contribution in [-0.2, 0) is 6.42 Å². The van der Waals surface area contributed by atoms with Crippen molar-refractivity contribution in [3.8, 4) is 0 Å². The molecule has 1 aromatic rings. The van der Waals surface area contributed by atoms with E-state index in [1.54, 1.807) is 19.1 Å². The summed E-state index contributed by atoms with van der Waals surface area (Å²) < 4.78 is 13.2. The summed E-state index contributed by atoms with van der Waals surface area (Å²) in [7, 11) is 0. The van der Waals surface area contributed by atoms with Crippen LogP contribution < -0.4 is 0 Å². The predicted octanol–water partition coefficient (Wildman–Crippen LogP) is 2.32. The van der Waals surface area contributed by atoms with E-state index in [4.69, 9.17) is 16.7 Å². The molecule has 0 aliphatic rings.